The van der Waals surface area contributed by atoms with Crippen molar-refractivity contribution in [2.24, 2.45) is 0 Å². The molecule has 1 heterocycles. The molecule has 0 spiro atoms. The molecular formula is C20H17ClFN3O. The van der Waals surface area contributed by atoms with Gasteiger partial charge in [0.15, 0.2) is 0 Å². The standard InChI is InChI=1S/C20H17ClFN3O/c1-13-2-6-16(21)10-18(13)25-20(26)15-5-9-19(24-12-15)23-11-14-3-7-17(22)8-4-14/h2-10,12H,11H2,1H3,(H,23,24)(H,25,26). The summed E-state index contributed by atoms with van der Waals surface area (Å²) in [5, 5.41) is 6.52. The minimum absolute atomic E-state index is 0.257. The van der Waals surface area contributed by atoms with E-state index in [1.807, 2.05) is 13.0 Å². The first-order valence-electron chi connectivity index (χ1n) is 8.03. The number of carbonyl (C=O) groups excluding carboxylic acids is 1. The van der Waals surface area contributed by atoms with E-state index in [2.05, 4.69) is 15.6 Å². The number of rotatable bonds is 5. The van der Waals surface area contributed by atoms with Crippen LogP contribution in [0.3, 0.4) is 0 Å². The maximum absolute atomic E-state index is 12.9. The lowest BCUT2D eigenvalue weighted by Gasteiger charge is -2.10. The van der Waals surface area contributed by atoms with Crippen LogP contribution in [0.4, 0.5) is 15.9 Å². The van der Waals surface area contributed by atoms with Gasteiger partial charge in [-0.2, -0.15) is 0 Å². The van der Waals surface area contributed by atoms with Crippen LogP contribution in [-0.4, -0.2) is 10.9 Å². The van der Waals surface area contributed by atoms with Gasteiger partial charge in [0, 0.05) is 23.5 Å². The predicted molar refractivity (Wildman–Crippen MR) is 102 cm³/mol. The van der Waals surface area contributed by atoms with Crippen molar-refractivity contribution in [3.8, 4) is 0 Å². The molecule has 0 aliphatic rings. The van der Waals surface area contributed by atoms with Crippen LogP contribution in [0.25, 0.3) is 0 Å². The summed E-state index contributed by atoms with van der Waals surface area (Å²) in [6.45, 7) is 2.41. The second-order valence-corrected chi connectivity index (χ2v) is 6.26. The second-order valence-electron chi connectivity index (χ2n) is 5.83. The molecule has 3 rings (SSSR count). The van der Waals surface area contributed by atoms with E-state index < -0.39 is 0 Å². The van der Waals surface area contributed by atoms with Crippen LogP contribution < -0.4 is 10.6 Å². The third-order valence-corrected chi connectivity index (χ3v) is 4.10. The Morgan fingerprint density at radius 3 is 2.58 bits per heavy atom. The van der Waals surface area contributed by atoms with E-state index in [0.717, 1.165) is 11.1 Å². The van der Waals surface area contributed by atoms with Crippen LogP contribution in [0, 0.1) is 12.7 Å². The summed E-state index contributed by atoms with van der Waals surface area (Å²) in [6, 6.07) is 15.0. The molecule has 0 bridgehead atoms. The average molecular weight is 370 g/mol. The van der Waals surface area contributed by atoms with Gasteiger partial charge in [-0.25, -0.2) is 9.37 Å². The first-order chi connectivity index (χ1) is 12.5. The number of carbonyl (C=O) groups is 1. The van der Waals surface area contributed by atoms with Crippen LogP contribution in [0.15, 0.2) is 60.8 Å². The minimum Gasteiger partial charge on any atom is -0.366 e. The van der Waals surface area contributed by atoms with E-state index in [-0.39, 0.29) is 11.7 Å². The zero-order valence-electron chi connectivity index (χ0n) is 14.1. The lowest BCUT2D eigenvalue weighted by Crippen LogP contribution is -2.13. The van der Waals surface area contributed by atoms with Crippen molar-refractivity contribution in [2.45, 2.75) is 13.5 Å². The van der Waals surface area contributed by atoms with Crippen molar-refractivity contribution >= 4 is 29.0 Å². The van der Waals surface area contributed by atoms with Crippen LogP contribution in [0.2, 0.25) is 5.02 Å². The Kier molecular flexibility index (Phi) is 5.49. The summed E-state index contributed by atoms with van der Waals surface area (Å²) in [7, 11) is 0. The van der Waals surface area contributed by atoms with Gasteiger partial charge in [-0.3, -0.25) is 4.79 Å². The van der Waals surface area contributed by atoms with Crippen molar-refractivity contribution < 1.29 is 9.18 Å². The van der Waals surface area contributed by atoms with Crippen LogP contribution in [0.1, 0.15) is 21.5 Å². The summed E-state index contributed by atoms with van der Waals surface area (Å²) >= 11 is 5.97. The lowest BCUT2D eigenvalue weighted by atomic mass is 10.2. The molecule has 26 heavy (non-hydrogen) atoms. The molecular weight excluding hydrogens is 353 g/mol. The van der Waals surface area contributed by atoms with Crippen LogP contribution >= 0.6 is 11.6 Å². The van der Waals surface area contributed by atoms with Gasteiger partial charge in [-0.15, -0.1) is 0 Å². The second kappa shape index (κ2) is 7.97. The van der Waals surface area contributed by atoms with Crippen molar-refractivity contribution in [3.63, 3.8) is 0 Å². The number of anilines is 2. The van der Waals surface area contributed by atoms with E-state index in [4.69, 9.17) is 11.6 Å². The molecule has 0 aliphatic carbocycles. The monoisotopic (exact) mass is 369 g/mol. The first-order valence-corrected chi connectivity index (χ1v) is 8.41. The molecule has 0 radical (unpaired) electrons. The number of hydrogen-bond donors (Lipinski definition) is 2. The Hall–Kier alpha value is -2.92. The molecule has 0 saturated carbocycles. The predicted octanol–water partition coefficient (Wildman–Crippen LogP) is 5.05. The zero-order valence-corrected chi connectivity index (χ0v) is 14.8. The minimum atomic E-state index is -0.266. The molecule has 0 fully saturated rings. The maximum Gasteiger partial charge on any atom is 0.257 e. The zero-order chi connectivity index (χ0) is 18.5. The molecule has 6 heteroatoms. The van der Waals surface area contributed by atoms with Gasteiger partial charge >= 0.3 is 0 Å². The topological polar surface area (TPSA) is 54.0 Å². The highest BCUT2D eigenvalue weighted by Crippen LogP contribution is 2.21. The van der Waals surface area contributed by atoms with Crippen molar-refractivity contribution in [1.29, 1.82) is 0 Å². The Balaban J connectivity index is 1.62. The molecule has 1 aromatic heterocycles. The normalized spacial score (nSPS) is 10.4. The number of pyridine rings is 1. The molecule has 1 amide bonds. The molecule has 4 nitrogen and oxygen atoms in total. The molecule has 0 saturated heterocycles. The van der Waals surface area contributed by atoms with Crippen LogP contribution in [-0.2, 0) is 6.54 Å². The highest BCUT2D eigenvalue weighted by molar-refractivity contribution is 6.31. The molecule has 0 aliphatic heterocycles. The number of amides is 1. The highest BCUT2D eigenvalue weighted by Gasteiger charge is 2.09. The molecule has 2 N–H and O–H groups in total. The van der Waals surface area contributed by atoms with Gasteiger partial charge in [0.2, 0.25) is 0 Å². The summed E-state index contributed by atoms with van der Waals surface area (Å²) in [6.07, 6.45) is 1.50. The molecule has 2 aromatic carbocycles. The SMILES string of the molecule is Cc1ccc(Cl)cc1NC(=O)c1ccc(NCc2ccc(F)cc2)nc1. The number of hydrogen-bond acceptors (Lipinski definition) is 3. The maximum atomic E-state index is 12.9. The highest BCUT2D eigenvalue weighted by atomic mass is 35.5. The molecule has 0 atom stereocenters. The number of halogens is 2. The van der Waals surface area contributed by atoms with Crippen molar-refractivity contribution in [1.82, 2.24) is 4.98 Å². The molecule has 3 aromatic rings. The van der Waals surface area contributed by atoms with E-state index in [0.29, 0.717) is 28.6 Å². The fourth-order valence-corrected chi connectivity index (χ4v) is 2.52. The van der Waals surface area contributed by atoms with Gasteiger partial charge in [-0.05, 0) is 54.4 Å². The van der Waals surface area contributed by atoms with Gasteiger partial charge in [-0.1, -0.05) is 29.8 Å². The number of nitrogens with one attached hydrogen (secondary N) is 2. The summed E-state index contributed by atoms with van der Waals surface area (Å²) in [5.74, 6) is 0.106. The molecule has 132 valence electrons. The Labute approximate surface area is 156 Å². The fraction of sp³-hybridized carbons (Fsp3) is 0.100. The molecule has 0 unspecified atom stereocenters. The van der Waals surface area contributed by atoms with E-state index in [1.54, 1.807) is 36.4 Å². The Morgan fingerprint density at radius 2 is 1.88 bits per heavy atom. The van der Waals surface area contributed by atoms with Gasteiger partial charge in [0.1, 0.15) is 11.6 Å². The van der Waals surface area contributed by atoms with E-state index >= 15 is 0 Å². The Morgan fingerprint density at radius 1 is 1.12 bits per heavy atom. The number of aromatic nitrogens is 1. The lowest BCUT2D eigenvalue weighted by molar-refractivity contribution is 0.102. The third-order valence-electron chi connectivity index (χ3n) is 3.86. The number of benzene rings is 2. The van der Waals surface area contributed by atoms with E-state index in [9.17, 15) is 9.18 Å². The average Bonchev–Trinajstić information content (AvgIpc) is 2.64. The summed E-state index contributed by atoms with van der Waals surface area (Å²) < 4.78 is 12.9. The Bertz CT molecular complexity index is 911. The third kappa shape index (κ3) is 4.58. The van der Waals surface area contributed by atoms with Crippen LogP contribution in [0.5, 0.6) is 0 Å². The number of aryl methyl sites for hydroxylation is 1. The fourth-order valence-electron chi connectivity index (χ4n) is 2.35. The van der Waals surface area contributed by atoms with Crippen molar-refractivity contribution in [3.05, 3.63) is 88.3 Å². The summed E-state index contributed by atoms with van der Waals surface area (Å²) in [4.78, 5) is 16.6. The van der Waals surface area contributed by atoms with Gasteiger partial charge < -0.3 is 10.6 Å². The van der Waals surface area contributed by atoms with Gasteiger partial charge in [0.25, 0.3) is 5.91 Å². The number of nitrogens with zero attached hydrogens (tertiary/aromatic N) is 1. The summed E-state index contributed by atoms with van der Waals surface area (Å²) in [5.41, 5.74) is 2.97. The first kappa shape index (κ1) is 17.9. The van der Waals surface area contributed by atoms with Crippen molar-refractivity contribution in [2.75, 3.05) is 10.6 Å². The van der Waals surface area contributed by atoms with Gasteiger partial charge in [0.05, 0.1) is 5.56 Å². The largest absolute Gasteiger partial charge is 0.366 e. The quantitative estimate of drug-likeness (QED) is 0.662. The smallest absolute Gasteiger partial charge is 0.257 e. The van der Waals surface area contributed by atoms with E-state index in [1.165, 1.54) is 18.3 Å².